The Kier molecular flexibility index (Phi) is 6.05. The van der Waals surface area contributed by atoms with E-state index in [0.29, 0.717) is 5.41 Å². The lowest BCUT2D eigenvalue weighted by atomic mass is 9.74. The summed E-state index contributed by atoms with van der Waals surface area (Å²) in [4.78, 5) is 14.9. The number of piperidine rings is 1. The molecular weight excluding hydrogens is 270 g/mol. The van der Waals surface area contributed by atoms with Crippen LogP contribution in [0.5, 0.6) is 0 Å². The number of carbonyl (C=O) groups excluding carboxylic acids is 1. The monoisotopic (exact) mass is 301 g/mol. The van der Waals surface area contributed by atoms with E-state index in [2.05, 4.69) is 37.8 Å². The lowest BCUT2D eigenvalue weighted by Crippen LogP contribution is -2.46. The molecule has 0 aromatic heterocycles. The average molecular weight is 301 g/mol. The third-order valence-corrected chi connectivity index (χ3v) is 5.37. The summed E-state index contributed by atoms with van der Waals surface area (Å²) in [5, 5.41) is 0. The lowest BCUT2D eigenvalue weighted by molar-refractivity contribution is 0.0466. The van der Waals surface area contributed by atoms with E-state index in [0.717, 1.165) is 31.5 Å². The van der Waals surface area contributed by atoms with Crippen molar-refractivity contribution in [1.82, 2.24) is 4.90 Å². The number of likely N-dealkylation sites (tertiary alicyclic amines) is 1. The topological polar surface area (TPSA) is 20.3 Å². The van der Waals surface area contributed by atoms with E-state index >= 15 is 0 Å². The fourth-order valence-electron chi connectivity index (χ4n) is 3.67. The normalized spacial score (nSPS) is 21.9. The highest BCUT2D eigenvalue weighted by Gasteiger charge is 2.35. The van der Waals surface area contributed by atoms with Gasteiger partial charge in [-0.25, -0.2) is 0 Å². The molecule has 1 amide bonds. The van der Waals surface area contributed by atoms with Gasteiger partial charge in [0.05, 0.1) is 0 Å². The summed E-state index contributed by atoms with van der Waals surface area (Å²) in [5.74, 6) is 0.219. The van der Waals surface area contributed by atoms with Gasteiger partial charge in [-0.1, -0.05) is 45.7 Å². The molecule has 1 saturated heterocycles. The first kappa shape index (κ1) is 17.1. The molecule has 0 spiro atoms. The molecule has 122 valence electrons. The van der Waals surface area contributed by atoms with Crippen molar-refractivity contribution < 1.29 is 4.79 Å². The van der Waals surface area contributed by atoms with Crippen LogP contribution in [0.1, 0.15) is 75.2 Å². The Morgan fingerprint density at radius 2 is 1.91 bits per heavy atom. The number of aryl methyl sites for hydroxylation is 1. The first-order valence-corrected chi connectivity index (χ1v) is 9.02. The maximum atomic E-state index is 12.8. The van der Waals surface area contributed by atoms with Crippen molar-refractivity contribution in [2.45, 2.75) is 65.7 Å². The number of rotatable bonds is 6. The van der Waals surface area contributed by atoms with Crippen LogP contribution in [-0.2, 0) is 6.42 Å². The molecule has 0 radical (unpaired) electrons. The van der Waals surface area contributed by atoms with Gasteiger partial charge in [-0.3, -0.25) is 4.79 Å². The van der Waals surface area contributed by atoms with Gasteiger partial charge in [0.1, 0.15) is 0 Å². The zero-order chi connectivity index (χ0) is 16.0. The van der Waals surface area contributed by atoms with Gasteiger partial charge < -0.3 is 4.90 Å². The Labute approximate surface area is 135 Å². The van der Waals surface area contributed by atoms with Gasteiger partial charge in [-0.2, -0.15) is 0 Å². The van der Waals surface area contributed by atoms with Crippen molar-refractivity contribution in [1.29, 1.82) is 0 Å². The second kappa shape index (κ2) is 7.80. The van der Waals surface area contributed by atoms with Gasteiger partial charge in [0.25, 0.3) is 5.91 Å². The Hall–Kier alpha value is -1.31. The Bertz CT molecular complexity index is 479. The first-order valence-electron chi connectivity index (χ1n) is 9.02. The molecule has 1 aromatic rings. The molecule has 2 heteroatoms. The van der Waals surface area contributed by atoms with Crippen molar-refractivity contribution in [2.75, 3.05) is 13.1 Å². The average Bonchev–Trinajstić information content (AvgIpc) is 2.59. The summed E-state index contributed by atoms with van der Waals surface area (Å²) < 4.78 is 0. The molecule has 22 heavy (non-hydrogen) atoms. The van der Waals surface area contributed by atoms with Gasteiger partial charge >= 0.3 is 0 Å². The molecule has 2 nitrogen and oxygen atoms in total. The molecule has 0 saturated carbocycles. The third kappa shape index (κ3) is 3.91. The minimum atomic E-state index is 0.219. The number of hydrogen-bond acceptors (Lipinski definition) is 1. The van der Waals surface area contributed by atoms with Crippen LogP contribution in [-0.4, -0.2) is 23.9 Å². The van der Waals surface area contributed by atoms with E-state index in [1.54, 1.807) is 0 Å². The molecule has 0 aliphatic carbocycles. The van der Waals surface area contributed by atoms with Gasteiger partial charge in [0.15, 0.2) is 0 Å². The fourth-order valence-corrected chi connectivity index (χ4v) is 3.67. The summed E-state index contributed by atoms with van der Waals surface area (Å²) in [7, 11) is 0. The van der Waals surface area contributed by atoms with Crippen LogP contribution in [0, 0.1) is 5.41 Å². The summed E-state index contributed by atoms with van der Waals surface area (Å²) in [5.41, 5.74) is 2.49. The van der Waals surface area contributed by atoms with Crippen LogP contribution >= 0.6 is 0 Å². The maximum Gasteiger partial charge on any atom is 0.253 e. The van der Waals surface area contributed by atoms with Gasteiger partial charge in [-0.05, 0) is 55.2 Å². The summed E-state index contributed by atoms with van der Waals surface area (Å²) in [6.07, 6.45) is 8.42. The van der Waals surface area contributed by atoms with E-state index in [4.69, 9.17) is 0 Å². The molecule has 1 aromatic carbocycles. The molecule has 1 fully saturated rings. The van der Waals surface area contributed by atoms with Gasteiger partial charge in [0, 0.05) is 18.7 Å². The van der Waals surface area contributed by atoms with E-state index in [-0.39, 0.29) is 5.91 Å². The molecule has 1 unspecified atom stereocenters. The molecule has 0 N–H and O–H groups in total. The predicted molar refractivity (Wildman–Crippen MR) is 93.2 cm³/mol. The van der Waals surface area contributed by atoms with Crippen molar-refractivity contribution in [2.24, 2.45) is 5.41 Å². The van der Waals surface area contributed by atoms with Gasteiger partial charge in [-0.15, -0.1) is 0 Å². The number of nitrogens with zero attached hydrogens (tertiary/aromatic N) is 1. The molecule has 1 heterocycles. The number of benzene rings is 1. The summed E-state index contributed by atoms with van der Waals surface area (Å²) in [6.45, 7) is 8.55. The van der Waals surface area contributed by atoms with Crippen molar-refractivity contribution in [3.05, 3.63) is 35.4 Å². The van der Waals surface area contributed by atoms with E-state index in [1.165, 1.54) is 37.7 Å². The first-order chi connectivity index (χ1) is 10.6. The van der Waals surface area contributed by atoms with Crippen molar-refractivity contribution >= 4 is 5.91 Å². The van der Waals surface area contributed by atoms with Crippen LogP contribution in [0.4, 0.5) is 0 Å². The standard InChI is InChI=1S/C20H31NO/c1-4-7-13-20(6-3)14-8-15-21(16-20)19(22)18-11-9-17(5-2)10-12-18/h9-12H,4-8,13-16H2,1-3H3. The number of unbranched alkanes of at least 4 members (excludes halogenated alkanes) is 1. The van der Waals surface area contributed by atoms with Gasteiger partial charge in [0.2, 0.25) is 0 Å². The van der Waals surface area contributed by atoms with E-state index in [9.17, 15) is 4.79 Å². The SMILES string of the molecule is CCCCC1(CC)CCCN(C(=O)c2ccc(CC)cc2)C1. The highest BCUT2D eigenvalue weighted by Crippen LogP contribution is 2.38. The largest absolute Gasteiger partial charge is 0.338 e. The van der Waals surface area contributed by atoms with E-state index < -0.39 is 0 Å². The van der Waals surface area contributed by atoms with Crippen molar-refractivity contribution in [3.8, 4) is 0 Å². The molecule has 1 aliphatic rings. The number of hydrogen-bond donors (Lipinski definition) is 0. The Morgan fingerprint density at radius 1 is 1.18 bits per heavy atom. The smallest absolute Gasteiger partial charge is 0.253 e. The highest BCUT2D eigenvalue weighted by atomic mass is 16.2. The third-order valence-electron chi connectivity index (χ3n) is 5.37. The highest BCUT2D eigenvalue weighted by molar-refractivity contribution is 5.94. The Balaban J connectivity index is 2.08. The second-order valence-electron chi connectivity index (χ2n) is 6.84. The van der Waals surface area contributed by atoms with Crippen LogP contribution in [0.3, 0.4) is 0 Å². The second-order valence-corrected chi connectivity index (χ2v) is 6.84. The van der Waals surface area contributed by atoms with Crippen LogP contribution in [0.2, 0.25) is 0 Å². The predicted octanol–water partition coefficient (Wildman–Crippen LogP) is 5.07. The van der Waals surface area contributed by atoms with Crippen LogP contribution < -0.4 is 0 Å². The maximum absolute atomic E-state index is 12.8. The minimum Gasteiger partial charge on any atom is -0.338 e. The van der Waals surface area contributed by atoms with E-state index in [1.807, 2.05) is 12.1 Å². The van der Waals surface area contributed by atoms with Crippen LogP contribution in [0.15, 0.2) is 24.3 Å². The molecule has 0 bridgehead atoms. The fraction of sp³-hybridized carbons (Fsp3) is 0.650. The van der Waals surface area contributed by atoms with Crippen LogP contribution in [0.25, 0.3) is 0 Å². The Morgan fingerprint density at radius 3 is 2.50 bits per heavy atom. The summed E-state index contributed by atoms with van der Waals surface area (Å²) in [6, 6.07) is 8.16. The molecular formula is C20H31NO. The van der Waals surface area contributed by atoms with Crippen molar-refractivity contribution in [3.63, 3.8) is 0 Å². The molecule has 2 rings (SSSR count). The summed E-state index contributed by atoms with van der Waals surface area (Å²) >= 11 is 0. The quantitative estimate of drug-likeness (QED) is 0.718. The number of carbonyl (C=O) groups is 1. The molecule has 1 aliphatic heterocycles. The zero-order valence-electron chi connectivity index (χ0n) is 14.5. The zero-order valence-corrected chi connectivity index (χ0v) is 14.5. The number of amides is 1. The molecule has 1 atom stereocenters. The lowest BCUT2D eigenvalue weighted by Gasteiger charge is -2.43. The minimum absolute atomic E-state index is 0.219.